The molecule has 39 heavy (non-hydrogen) atoms. The fourth-order valence-electron chi connectivity index (χ4n) is 5.35. The number of nitrogen functional groups attached to an aromatic ring is 1. The summed E-state index contributed by atoms with van der Waals surface area (Å²) in [7, 11) is 0. The van der Waals surface area contributed by atoms with Crippen LogP contribution in [0.4, 0.5) is 11.5 Å². The van der Waals surface area contributed by atoms with Crippen molar-refractivity contribution >= 4 is 61.3 Å². The van der Waals surface area contributed by atoms with Crippen LogP contribution in [0.3, 0.4) is 0 Å². The van der Waals surface area contributed by atoms with E-state index in [-0.39, 0.29) is 5.91 Å². The highest BCUT2D eigenvalue weighted by Gasteiger charge is 2.19. The fourth-order valence-corrected chi connectivity index (χ4v) is 6.43. The fraction of sp³-hybridized carbons (Fsp3) is 0.267. The minimum atomic E-state index is -0.228. The number of nitrogens with two attached hydrogens (primary N) is 1. The first-order valence-electron chi connectivity index (χ1n) is 13.1. The van der Waals surface area contributed by atoms with Crippen LogP contribution in [0.5, 0.6) is 0 Å². The molecule has 2 aromatic carbocycles. The molecule has 5 aromatic rings. The third kappa shape index (κ3) is 5.20. The molecule has 6 rings (SSSR count). The Balaban J connectivity index is 1.30. The van der Waals surface area contributed by atoms with E-state index in [2.05, 4.69) is 38.4 Å². The number of hydrogen-bond acceptors (Lipinski definition) is 7. The molecule has 198 valence electrons. The van der Waals surface area contributed by atoms with Gasteiger partial charge in [-0.1, -0.05) is 42.3 Å². The highest BCUT2D eigenvalue weighted by Crippen LogP contribution is 2.33. The number of benzene rings is 2. The first-order chi connectivity index (χ1) is 19.0. The van der Waals surface area contributed by atoms with Crippen molar-refractivity contribution in [2.45, 2.75) is 39.2 Å². The molecule has 7 nitrogen and oxygen atoms in total. The van der Waals surface area contributed by atoms with Gasteiger partial charge < -0.3 is 11.1 Å². The average Bonchev–Trinajstić information content (AvgIpc) is 3.39. The number of amides is 1. The summed E-state index contributed by atoms with van der Waals surface area (Å²) in [6.07, 6.45) is 7.68. The summed E-state index contributed by atoms with van der Waals surface area (Å²) in [5.74, 6) is 0.149. The number of carbonyl (C=O) groups excluding carboxylic acids is 1. The number of pyridine rings is 1. The van der Waals surface area contributed by atoms with Gasteiger partial charge in [0.05, 0.1) is 27.2 Å². The minimum absolute atomic E-state index is 0.228. The topological polar surface area (TPSA) is 97.0 Å². The molecule has 4 heterocycles. The maximum Gasteiger partial charge on any atom is 0.258 e. The van der Waals surface area contributed by atoms with Crippen LogP contribution in [0.15, 0.2) is 54.3 Å². The number of likely N-dealkylation sites (tertiary alicyclic amines) is 1. The Morgan fingerprint density at radius 1 is 1.08 bits per heavy atom. The van der Waals surface area contributed by atoms with Crippen molar-refractivity contribution in [3.05, 3.63) is 87.3 Å². The normalized spacial score (nSPS) is 14.2. The predicted octanol–water partition coefficient (Wildman–Crippen LogP) is 6.61. The molecule has 1 fully saturated rings. The number of aryl methyl sites for hydroxylation is 1. The van der Waals surface area contributed by atoms with E-state index < -0.39 is 0 Å². The van der Waals surface area contributed by atoms with Gasteiger partial charge in [-0.25, -0.2) is 9.97 Å². The van der Waals surface area contributed by atoms with Crippen LogP contribution in [-0.4, -0.2) is 38.8 Å². The predicted molar refractivity (Wildman–Crippen MR) is 160 cm³/mol. The summed E-state index contributed by atoms with van der Waals surface area (Å²) < 4.78 is 0.714. The van der Waals surface area contributed by atoms with Gasteiger partial charge in [-0.2, -0.15) is 0 Å². The van der Waals surface area contributed by atoms with E-state index in [9.17, 15) is 4.79 Å². The molecule has 1 aliphatic heterocycles. The summed E-state index contributed by atoms with van der Waals surface area (Å²) in [5.41, 5.74) is 12.0. The van der Waals surface area contributed by atoms with Crippen LogP contribution < -0.4 is 11.1 Å². The standard InChI is InChI=1S/C30H29ClN6OS/c1-18-5-7-21-22(26(18)36-30(38)23-16-39-28-27(23)34-17-35-29(28)32)9-10-33-25(21)14-19-6-8-24(31)20(13-19)15-37-11-3-2-4-12-37/h5-10,13,16-17H,2-4,11-12,14-15H2,1H3,(H,36,38)(H2,32,34,35). The van der Waals surface area contributed by atoms with Gasteiger partial charge in [-0.15, -0.1) is 11.3 Å². The molecular formula is C30H29ClN6OS. The molecule has 1 saturated heterocycles. The van der Waals surface area contributed by atoms with E-state index in [1.807, 2.05) is 31.3 Å². The highest BCUT2D eigenvalue weighted by molar-refractivity contribution is 7.18. The average molecular weight is 557 g/mol. The van der Waals surface area contributed by atoms with E-state index in [1.54, 1.807) is 5.38 Å². The Kier molecular flexibility index (Phi) is 7.16. The zero-order valence-corrected chi connectivity index (χ0v) is 23.3. The molecule has 1 amide bonds. The number of aromatic nitrogens is 3. The third-order valence-corrected chi connectivity index (χ3v) is 8.79. The lowest BCUT2D eigenvalue weighted by Gasteiger charge is -2.27. The maximum absolute atomic E-state index is 13.4. The molecule has 0 unspecified atom stereocenters. The van der Waals surface area contributed by atoms with Crippen molar-refractivity contribution in [3.8, 4) is 0 Å². The van der Waals surface area contributed by atoms with Crippen molar-refractivity contribution in [2.24, 2.45) is 0 Å². The first-order valence-corrected chi connectivity index (χ1v) is 14.4. The van der Waals surface area contributed by atoms with E-state index >= 15 is 0 Å². The van der Waals surface area contributed by atoms with Crippen molar-refractivity contribution in [1.82, 2.24) is 19.9 Å². The van der Waals surface area contributed by atoms with Crippen molar-refractivity contribution in [1.29, 1.82) is 0 Å². The van der Waals surface area contributed by atoms with Gasteiger partial charge in [-0.3, -0.25) is 14.7 Å². The molecule has 1 aliphatic rings. The summed E-state index contributed by atoms with van der Waals surface area (Å²) in [6, 6.07) is 12.4. The molecule has 0 aliphatic carbocycles. The van der Waals surface area contributed by atoms with Crippen molar-refractivity contribution < 1.29 is 4.79 Å². The molecule has 9 heteroatoms. The van der Waals surface area contributed by atoms with Gasteiger partial charge in [0, 0.05) is 40.3 Å². The zero-order valence-electron chi connectivity index (χ0n) is 21.7. The summed E-state index contributed by atoms with van der Waals surface area (Å²) in [5, 5.41) is 7.68. The number of thiophene rings is 1. The smallest absolute Gasteiger partial charge is 0.258 e. The van der Waals surface area contributed by atoms with Crippen LogP contribution >= 0.6 is 22.9 Å². The minimum Gasteiger partial charge on any atom is -0.382 e. The Morgan fingerprint density at radius 3 is 2.77 bits per heavy atom. The number of nitrogens with one attached hydrogen (secondary N) is 1. The highest BCUT2D eigenvalue weighted by atomic mass is 35.5. The van der Waals surface area contributed by atoms with Crippen molar-refractivity contribution in [3.63, 3.8) is 0 Å². The second-order valence-electron chi connectivity index (χ2n) is 10.1. The Labute approximate surface area is 236 Å². The lowest BCUT2D eigenvalue weighted by molar-refractivity contribution is 0.102. The largest absolute Gasteiger partial charge is 0.382 e. The van der Waals surface area contributed by atoms with Crippen LogP contribution in [-0.2, 0) is 13.0 Å². The number of anilines is 2. The number of piperidine rings is 1. The SMILES string of the molecule is Cc1ccc2c(Cc3ccc(Cl)c(CN4CCCCC4)c3)nccc2c1NC(=O)c1csc2c(N)ncnc12. The maximum atomic E-state index is 13.4. The van der Waals surface area contributed by atoms with Crippen molar-refractivity contribution in [2.75, 3.05) is 24.1 Å². The molecule has 0 bridgehead atoms. The molecule has 3 aromatic heterocycles. The molecule has 0 radical (unpaired) electrons. The summed E-state index contributed by atoms with van der Waals surface area (Å²) >= 11 is 7.96. The number of halogens is 1. The number of carbonyl (C=O) groups is 1. The first kappa shape index (κ1) is 25.7. The third-order valence-electron chi connectivity index (χ3n) is 7.42. The molecule has 0 atom stereocenters. The molecule has 3 N–H and O–H groups in total. The molecular weight excluding hydrogens is 528 g/mol. The van der Waals surface area contributed by atoms with Crippen LogP contribution in [0, 0.1) is 6.92 Å². The zero-order chi connectivity index (χ0) is 26.9. The van der Waals surface area contributed by atoms with E-state index in [0.29, 0.717) is 28.0 Å². The van der Waals surface area contributed by atoms with Crippen LogP contribution in [0.2, 0.25) is 5.02 Å². The quantitative estimate of drug-likeness (QED) is 0.244. The lowest BCUT2D eigenvalue weighted by Crippen LogP contribution is -2.29. The molecule has 0 spiro atoms. The second-order valence-corrected chi connectivity index (χ2v) is 11.4. The Bertz CT molecular complexity index is 1690. The van der Waals surface area contributed by atoms with Gasteiger partial charge in [0.15, 0.2) is 0 Å². The summed E-state index contributed by atoms with van der Waals surface area (Å²) in [4.78, 5) is 28.9. The van der Waals surface area contributed by atoms with Crippen LogP contribution in [0.25, 0.3) is 21.0 Å². The van der Waals surface area contributed by atoms with Crippen LogP contribution in [0.1, 0.15) is 52.0 Å². The van der Waals surface area contributed by atoms with Gasteiger partial charge in [0.25, 0.3) is 5.91 Å². The Morgan fingerprint density at radius 2 is 1.92 bits per heavy atom. The second kappa shape index (κ2) is 10.9. The number of hydrogen-bond donors (Lipinski definition) is 2. The summed E-state index contributed by atoms with van der Waals surface area (Å²) in [6.45, 7) is 5.12. The monoisotopic (exact) mass is 556 g/mol. The number of rotatable bonds is 6. The Hall–Kier alpha value is -3.59. The van der Waals surface area contributed by atoms with Gasteiger partial charge in [-0.05, 0) is 61.7 Å². The number of fused-ring (bicyclic) bond motifs is 2. The van der Waals surface area contributed by atoms with E-state index in [1.165, 1.54) is 42.5 Å². The molecule has 0 saturated carbocycles. The van der Waals surface area contributed by atoms with Gasteiger partial charge >= 0.3 is 0 Å². The van der Waals surface area contributed by atoms with Gasteiger partial charge in [0.1, 0.15) is 12.1 Å². The lowest BCUT2D eigenvalue weighted by atomic mass is 9.99. The van der Waals surface area contributed by atoms with E-state index in [4.69, 9.17) is 22.3 Å². The van der Waals surface area contributed by atoms with E-state index in [0.717, 1.165) is 57.9 Å². The van der Waals surface area contributed by atoms with Gasteiger partial charge in [0.2, 0.25) is 0 Å². The number of nitrogens with zero attached hydrogens (tertiary/aromatic N) is 4.